The number of nitrogen functional groups attached to an aromatic ring is 1. The van der Waals surface area contributed by atoms with Crippen LogP contribution < -0.4 is 5.73 Å². The van der Waals surface area contributed by atoms with Crippen molar-refractivity contribution in [1.29, 1.82) is 5.26 Å². The Labute approximate surface area is 151 Å². The standard InChI is InChI=1S/C18H20N6S/c1-11-16(15-5-12(10-25-15)8-23(2)3)14(6-19)18(20)22-17(11)13-7-21-24(4)9-13/h5,7,9-10H,8H2,1-4H3,(H2,20,22). The van der Waals surface area contributed by atoms with Crippen molar-refractivity contribution >= 4 is 17.2 Å². The Balaban J connectivity index is 2.19. The number of thiophene rings is 1. The minimum atomic E-state index is 0.254. The predicted octanol–water partition coefficient (Wildman–Crippen LogP) is 3.03. The fourth-order valence-electron chi connectivity index (χ4n) is 2.89. The summed E-state index contributed by atoms with van der Waals surface area (Å²) in [5.41, 5.74) is 11.2. The van der Waals surface area contributed by atoms with Crippen molar-refractivity contribution in [2.45, 2.75) is 13.5 Å². The molecule has 2 N–H and O–H groups in total. The summed E-state index contributed by atoms with van der Waals surface area (Å²) in [5.74, 6) is 0.254. The maximum Gasteiger partial charge on any atom is 0.142 e. The topological polar surface area (TPSA) is 83.8 Å². The molecule has 25 heavy (non-hydrogen) atoms. The molecule has 3 rings (SSSR count). The Morgan fingerprint density at radius 3 is 2.76 bits per heavy atom. The van der Waals surface area contributed by atoms with Crippen LogP contribution in [0.5, 0.6) is 0 Å². The normalized spacial score (nSPS) is 11.0. The number of pyridine rings is 1. The van der Waals surface area contributed by atoms with E-state index >= 15 is 0 Å². The smallest absolute Gasteiger partial charge is 0.142 e. The third kappa shape index (κ3) is 3.27. The van der Waals surface area contributed by atoms with Crippen LogP contribution >= 0.6 is 11.3 Å². The van der Waals surface area contributed by atoms with Crippen molar-refractivity contribution in [1.82, 2.24) is 19.7 Å². The molecule has 0 fully saturated rings. The van der Waals surface area contributed by atoms with Crippen LogP contribution in [-0.4, -0.2) is 33.8 Å². The zero-order valence-corrected chi connectivity index (χ0v) is 15.6. The quantitative estimate of drug-likeness (QED) is 0.780. The maximum atomic E-state index is 9.61. The van der Waals surface area contributed by atoms with Crippen molar-refractivity contribution in [2.24, 2.45) is 7.05 Å². The van der Waals surface area contributed by atoms with E-state index in [1.165, 1.54) is 5.56 Å². The molecule has 0 saturated heterocycles. The molecule has 7 heteroatoms. The third-order valence-electron chi connectivity index (χ3n) is 3.96. The zero-order chi connectivity index (χ0) is 18.1. The van der Waals surface area contributed by atoms with Gasteiger partial charge in [-0.05, 0) is 43.6 Å². The molecular weight excluding hydrogens is 332 g/mol. The van der Waals surface area contributed by atoms with Crippen LogP contribution in [0, 0.1) is 18.3 Å². The van der Waals surface area contributed by atoms with Gasteiger partial charge in [-0.3, -0.25) is 4.68 Å². The van der Waals surface area contributed by atoms with Crippen molar-refractivity contribution in [2.75, 3.05) is 19.8 Å². The lowest BCUT2D eigenvalue weighted by Crippen LogP contribution is -2.09. The van der Waals surface area contributed by atoms with Gasteiger partial charge in [-0.25, -0.2) is 4.98 Å². The number of hydrogen-bond acceptors (Lipinski definition) is 6. The molecule has 128 valence electrons. The van der Waals surface area contributed by atoms with Crippen LogP contribution in [-0.2, 0) is 13.6 Å². The highest BCUT2D eigenvalue weighted by atomic mass is 32.1. The van der Waals surface area contributed by atoms with E-state index in [9.17, 15) is 5.26 Å². The van der Waals surface area contributed by atoms with Gasteiger partial charge >= 0.3 is 0 Å². The summed E-state index contributed by atoms with van der Waals surface area (Å²) >= 11 is 1.62. The molecule has 0 atom stereocenters. The molecule has 0 radical (unpaired) electrons. The van der Waals surface area contributed by atoms with Gasteiger partial charge in [-0.15, -0.1) is 11.3 Å². The minimum absolute atomic E-state index is 0.254. The van der Waals surface area contributed by atoms with Crippen molar-refractivity contribution in [3.8, 4) is 27.8 Å². The van der Waals surface area contributed by atoms with Gasteiger partial charge in [0.25, 0.3) is 0 Å². The number of nitrogens with zero attached hydrogens (tertiary/aromatic N) is 5. The Bertz CT molecular complexity index is 961. The van der Waals surface area contributed by atoms with Crippen LogP contribution in [0.1, 0.15) is 16.7 Å². The van der Waals surface area contributed by atoms with E-state index in [0.29, 0.717) is 5.56 Å². The van der Waals surface area contributed by atoms with E-state index in [1.54, 1.807) is 22.2 Å². The molecular formula is C18H20N6S. The fourth-order valence-corrected chi connectivity index (χ4v) is 3.91. The third-order valence-corrected chi connectivity index (χ3v) is 4.95. The van der Waals surface area contributed by atoms with E-state index in [1.807, 2.05) is 34.3 Å². The molecule has 0 unspecified atom stereocenters. The van der Waals surface area contributed by atoms with Gasteiger partial charge in [-0.2, -0.15) is 10.4 Å². The summed E-state index contributed by atoms with van der Waals surface area (Å²) in [6.07, 6.45) is 3.66. The largest absolute Gasteiger partial charge is 0.383 e. The lowest BCUT2D eigenvalue weighted by atomic mass is 9.98. The highest BCUT2D eigenvalue weighted by molar-refractivity contribution is 7.13. The highest BCUT2D eigenvalue weighted by Crippen LogP contribution is 2.38. The van der Waals surface area contributed by atoms with Crippen molar-refractivity contribution in [3.05, 3.63) is 40.5 Å². The summed E-state index contributed by atoms with van der Waals surface area (Å²) in [4.78, 5) is 7.62. The lowest BCUT2D eigenvalue weighted by molar-refractivity contribution is 0.403. The number of anilines is 1. The SMILES string of the molecule is Cc1c(-c2cnn(C)c2)nc(N)c(C#N)c1-c1cc(CN(C)C)cs1. The Morgan fingerprint density at radius 1 is 1.40 bits per heavy atom. The monoisotopic (exact) mass is 352 g/mol. The average Bonchev–Trinajstić information content (AvgIpc) is 3.17. The Morgan fingerprint density at radius 2 is 2.16 bits per heavy atom. The Hall–Kier alpha value is -2.69. The number of aryl methyl sites for hydroxylation is 1. The number of nitrogens with two attached hydrogens (primary N) is 1. The van der Waals surface area contributed by atoms with Gasteiger partial charge in [0.15, 0.2) is 0 Å². The summed E-state index contributed by atoms with van der Waals surface area (Å²) in [7, 11) is 5.93. The van der Waals surface area contributed by atoms with Gasteiger partial charge in [-0.1, -0.05) is 0 Å². The van der Waals surface area contributed by atoms with Crippen LogP contribution in [0.3, 0.4) is 0 Å². The minimum Gasteiger partial charge on any atom is -0.383 e. The molecule has 0 aliphatic carbocycles. The first-order valence-electron chi connectivity index (χ1n) is 7.82. The summed E-state index contributed by atoms with van der Waals surface area (Å²) < 4.78 is 1.73. The maximum absolute atomic E-state index is 9.61. The highest BCUT2D eigenvalue weighted by Gasteiger charge is 2.20. The van der Waals surface area contributed by atoms with Gasteiger partial charge in [0, 0.05) is 35.8 Å². The van der Waals surface area contributed by atoms with E-state index in [2.05, 4.69) is 32.5 Å². The van der Waals surface area contributed by atoms with Crippen LogP contribution in [0.25, 0.3) is 21.7 Å². The summed E-state index contributed by atoms with van der Waals surface area (Å²) in [6.45, 7) is 2.84. The Kier molecular flexibility index (Phi) is 4.57. The first kappa shape index (κ1) is 17.1. The molecule has 0 aliphatic rings. The van der Waals surface area contributed by atoms with Gasteiger partial charge in [0.2, 0.25) is 0 Å². The molecule has 0 aromatic carbocycles. The van der Waals surface area contributed by atoms with Gasteiger partial charge in [0.05, 0.1) is 11.9 Å². The molecule has 0 aliphatic heterocycles. The molecule has 3 heterocycles. The number of rotatable bonds is 4. The first-order chi connectivity index (χ1) is 11.9. The van der Waals surface area contributed by atoms with Crippen LogP contribution in [0.4, 0.5) is 5.82 Å². The van der Waals surface area contributed by atoms with E-state index < -0.39 is 0 Å². The van der Waals surface area contributed by atoms with Gasteiger partial charge in [0.1, 0.15) is 17.5 Å². The van der Waals surface area contributed by atoms with E-state index in [0.717, 1.165) is 33.8 Å². The second-order valence-corrected chi connectivity index (χ2v) is 7.20. The molecule has 3 aromatic rings. The van der Waals surface area contributed by atoms with E-state index in [-0.39, 0.29) is 5.82 Å². The molecule has 0 spiro atoms. The molecule has 0 saturated carbocycles. The summed E-state index contributed by atoms with van der Waals surface area (Å²) in [6, 6.07) is 4.35. The zero-order valence-electron chi connectivity index (χ0n) is 14.7. The van der Waals surface area contributed by atoms with Gasteiger partial charge < -0.3 is 10.6 Å². The first-order valence-corrected chi connectivity index (χ1v) is 8.70. The molecule has 3 aromatic heterocycles. The van der Waals surface area contributed by atoms with Crippen molar-refractivity contribution in [3.63, 3.8) is 0 Å². The number of aromatic nitrogens is 3. The molecule has 0 bridgehead atoms. The molecule has 6 nitrogen and oxygen atoms in total. The second kappa shape index (κ2) is 6.67. The van der Waals surface area contributed by atoms with Crippen LogP contribution in [0.15, 0.2) is 23.8 Å². The number of nitriles is 1. The van der Waals surface area contributed by atoms with Crippen molar-refractivity contribution < 1.29 is 0 Å². The second-order valence-electron chi connectivity index (χ2n) is 6.29. The fraction of sp³-hybridized carbons (Fsp3) is 0.278. The van der Waals surface area contributed by atoms with Crippen LogP contribution in [0.2, 0.25) is 0 Å². The average molecular weight is 352 g/mol. The molecule has 0 amide bonds. The lowest BCUT2D eigenvalue weighted by Gasteiger charge is -2.12. The predicted molar refractivity (Wildman–Crippen MR) is 101 cm³/mol. The number of hydrogen-bond donors (Lipinski definition) is 1. The summed E-state index contributed by atoms with van der Waals surface area (Å²) in [5, 5.41) is 15.9. The van der Waals surface area contributed by atoms with E-state index in [4.69, 9.17) is 5.73 Å².